The number of hydrogen-bond donors (Lipinski definition) is 0. The summed E-state index contributed by atoms with van der Waals surface area (Å²) in [5.74, 6) is 0.883. The van der Waals surface area contributed by atoms with Gasteiger partial charge in [-0.05, 0) is 47.7 Å². The molecule has 0 fully saturated rings. The first-order valence-corrected chi connectivity index (χ1v) is 7.88. The van der Waals surface area contributed by atoms with Crippen LogP contribution in [-0.4, -0.2) is 5.78 Å². The topological polar surface area (TPSA) is 17.1 Å². The van der Waals surface area contributed by atoms with Crippen molar-refractivity contribution in [1.82, 2.24) is 0 Å². The maximum absolute atomic E-state index is 12.6. The minimum atomic E-state index is 0.0716. The Hall–Kier alpha value is -2.12. The van der Waals surface area contributed by atoms with E-state index in [1.54, 1.807) is 24.3 Å². The maximum atomic E-state index is 12.6. The van der Waals surface area contributed by atoms with Crippen LogP contribution in [0.4, 0.5) is 0 Å². The van der Waals surface area contributed by atoms with Crippen molar-refractivity contribution in [3.63, 3.8) is 0 Å². The van der Waals surface area contributed by atoms with E-state index in [-0.39, 0.29) is 5.78 Å². The number of rotatable bonds is 2. The maximum Gasteiger partial charge on any atom is 0.192 e. The largest absolute Gasteiger partial charge is 0.289 e. The van der Waals surface area contributed by atoms with Gasteiger partial charge in [-0.25, -0.2) is 0 Å². The molecule has 0 saturated carbocycles. The molecule has 0 aromatic heterocycles. The molecule has 2 aliphatic carbocycles. The van der Waals surface area contributed by atoms with Gasteiger partial charge < -0.3 is 0 Å². The molecule has 0 N–H and O–H groups in total. The van der Waals surface area contributed by atoms with E-state index in [1.807, 2.05) is 6.08 Å². The Bertz CT molecular complexity index is 799. The zero-order chi connectivity index (χ0) is 15.1. The van der Waals surface area contributed by atoms with E-state index < -0.39 is 0 Å². The summed E-state index contributed by atoms with van der Waals surface area (Å²) in [4.78, 5) is 12.6. The number of halogens is 1. The van der Waals surface area contributed by atoms with Crippen LogP contribution in [0, 0.1) is 5.92 Å². The minimum Gasteiger partial charge on any atom is -0.289 e. The highest BCUT2D eigenvalue weighted by Gasteiger charge is 2.31. The second kappa shape index (κ2) is 5.26. The van der Waals surface area contributed by atoms with Crippen molar-refractivity contribution in [2.24, 2.45) is 5.92 Å². The van der Waals surface area contributed by atoms with Gasteiger partial charge in [0.2, 0.25) is 0 Å². The van der Waals surface area contributed by atoms with E-state index in [1.165, 1.54) is 11.1 Å². The molecular formula is C20H15ClO. The summed E-state index contributed by atoms with van der Waals surface area (Å²) in [6, 6.07) is 15.7. The molecular weight excluding hydrogens is 292 g/mol. The third-order valence-electron chi connectivity index (χ3n) is 4.58. The lowest BCUT2D eigenvalue weighted by atomic mass is 9.84. The normalized spacial score (nSPS) is 22.0. The quantitative estimate of drug-likeness (QED) is 0.716. The SMILES string of the molecule is O=C(C1=C[C@@H]2Cc3ccccc3[C@@H]2C=C1)c1ccc(Cl)cc1. The van der Waals surface area contributed by atoms with E-state index in [0.29, 0.717) is 22.4 Å². The number of allylic oxidation sites excluding steroid dienone is 4. The Morgan fingerprint density at radius 2 is 1.82 bits per heavy atom. The number of Topliss-reactive ketones (excluding diaryl/α,β-unsaturated/α-hetero) is 1. The fourth-order valence-corrected chi connectivity index (χ4v) is 3.60. The van der Waals surface area contributed by atoms with E-state index in [9.17, 15) is 4.79 Å². The lowest BCUT2D eigenvalue weighted by Crippen LogP contribution is -2.12. The summed E-state index contributed by atoms with van der Waals surface area (Å²) < 4.78 is 0. The molecule has 22 heavy (non-hydrogen) atoms. The molecule has 0 bridgehead atoms. The first-order chi connectivity index (χ1) is 10.7. The highest BCUT2D eigenvalue weighted by atomic mass is 35.5. The molecule has 2 aromatic carbocycles. The monoisotopic (exact) mass is 306 g/mol. The van der Waals surface area contributed by atoms with Gasteiger partial charge in [0, 0.05) is 22.1 Å². The van der Waals surface area contributed by atoms with Crippen molar-refractivity contribution in [3.05, 3.63) is 94.0 Å². The van der Waals surface area contributed by atoms with E-state index in [2.05, 4.69) is 36.4 Å². The Kier molecular flexibility index (Phi) is 3.24. The Morgan fingerprint density at radius 1 is 1.05 bits per heavy atom. The van der Waals surface area contributed by atoms with Gasteiger partial charge in [-0.2, -0.15) is 0 Å². The lowest BCUT2D eigenvalue weighted by Gasteiger charge is -2.19. The molecule has 2 aliphatic rings. The van der Waals surface area contributed by atoms with E-state index in [4.69, 9.17) is 11.6 Å². The van der Waals surface area contributed by atoms with Crippen LogP contribution in [0.25, 0.3) is 0 Å². The van der Waals surface area contributed by atoms with Crippen LogP contribution in [0.15, 0.2) is 72.3 Å². The fraction of sp³-hybridized carbons (Fsp3) is 0.150. The summed E-state index contributed by atoms with van der Waals surface area (Å²) in [6.45, 7) is 0. The van der Waals surface area contributed by atoms with Gasteiger partial charge >= 0.3 is 0 Å². The number of carbonyl (C=O) groups excluding carboxylic acids is 1. The van der Waals surface area contributed by atoms with Crippen molar-refractivity contribution >= 4 is 17.4 Å². The zero-order valence-electron chi connectivity index (χ0n) is 12.0. The molecule has 0 spiro atoms. The second-order valence-electron chi connectivity index (χ2n) is 5.91. The number of carbonyl (C=O) groups is 1. The molecule has 108 valence electrons. The molecule has 4 rings (SSSR count). The van der Waals surface area contributed by atoms with Gasteiger partial charge in [-0.1, -0.05) is 54.1 Å². The lowest BCUT2D eigenvalue weighted by molar-refractivity contribution is 0.103. The summed E-state index contributed by atoms with van der Waals surface area (Å²) in [5, 5.41) is 0.649. The van der Waals surface area contributed by atoms with Gasteiger partial charge in [0.15, 0.2) is 5.78 Å². The molecule has 2 aromatic rings. The van der Waals surface area contributed by atoms with Crippen LogP contribution < -0.4 is 0 Å². The zero-order valence-corrected chi connectivity index (χ0v) is 12.8. The van der Waals surface area contributed by atoms with Crippen LogP contribution in [0.1, 0.15) is 27.4 Å². The molecule has 0 heterocycles. The van der Waals surface area contributed by atoms with E-state index >= 15 is 0 Å². The van der Waals surface area contributed by atoms with E-state index in [0.717, 1.165) is 12.0 Å². The van der Waals surface area contributed by atoms with Crippen molar-refractivity contribution in [1.29, 1.82) is 0 Å². The van der Waals surface area contributed by atoms with Crippen LogP contribution in [0.5, 0.6) is 0 Å². The molecule has 2 atom stereocenters. The van der Waals surface area contributed by atoms with Gasteiger partial charge in [0.1, 0.15) is 0 Å². The summed E-state index contributed by atoms with van der Waals surface area (Å²) in [5.41, 5.74) is 4.28. The number of benzene rings is 2. The first-order valence-electron chi connectivity index (χ1n) is 7.50. The summed E-state index contributed by atoms with van der Waals surface area (Å²) in [6.07, 6.45) is 7.31. The predicted molar refractivity (Wildman–Crippen MR) is 89.4 cm³/mol. The average molecular weight is 307 g/mol. The Balaban J connectivity index is 1.63. The fourth-order valence-electron chi connectivity index (χ4n) is 3.48. The third kappa shape index (κ3) is 2.22. The third-order valence-corrected chi connectivity index (χ3v) is 4.83. The predicted octanol–water partition coefficient (Wildman–Crippen LogP) is 4.98. The molecule has 2 heteroatoms. The first kappa shape index (κ1) is 13.5. The second-order valence-corrected chi connectivity index (χ2v) is 6.35. The van der Waals surface area contributed by atoms with Crippen LogP contribution in [0.3, 0.4) is 0 Å². The molecule has 0 unspecified atom stereocenters. The summed E-state index contributed by atoms with van der Waals surface area (Å²) in [7, 11) is 0. The summed E-state index contributed by atoms with van der Waals surface area (Å²) >= 11 is 5.89. The van der Waals surface area contributed by atoms with Gasteiger partial charge in [0.05, 0.1) is 0 Å². The highest BCUT2D eigenvalue weighted by molar-refractivity contribution is 6.30. The molecule has 0 radical (unpaired) electrons. The minimum absolute atomic E-state index is 0.0716. The van der Waals surface area contributed by atoms with Crippen molar-refractivity contribution in [2.75, 3.05) is 0 Å². The van der Waals surface area contributed by atoms with Crippen LogP contribution in [0.2, 0.25) is 5.02 Å². The molecule has 1 nitrogen and oxygen atoms in total. The van der Waals surface area contributed by atoms with Gasteiger partial charge in [-0.15, -0.1) is 0 Å². The van der Waals surface area contributed by atoms with Gasteiger partial charge in [-0.3, -0.25) is 4.79 Å². The van der Waals surface area contributed by atoms with Crippen molar-refractivity contribution in [3.8, 4) is 0 Å². The average Bonchev–Trinajstić information content (AvgIpc) is 2.92. The standard InChI is InChI=1S/C20H15ClO/c21-17-8-5-13(6-9-17)20(22)15-7-10-19-16(12-15)11-14-3-1-2-4-18(14)19/h1-10,12,16,19H,11H2/t16-,19+/m0/s1. The molecule has 0 amide bonds. The smallest absolute Gasteiger partial charge is 0.192 e. The highest BCUT2D eigenvalue weighted by Crippen LogP contribution is 2.42. The van der Waals surface area contributed by atoms with Crippen LogP contribution >= 0.6 is 11.6 Å². The van der Waals surface area contributed by atoms with Crippen molar-refractivity contribution in [2.45, 2.75) is 12.3 Å². The Morgan fingerprint density at radius 3 is 2.64 bits per heavy atom. The Labute approximate surface area is 134 Å². The van der Waals surface area contributed by atoms with Gasteiger partial charge in [0.25, 0.3) is 0 Å². The van der Waals surface area contributed by atoms with Crippen LogP contribution in [-0.2, 0) is 6.42 Å². The number of fused-ring (bicyclic) bond motifs is 3. The molecule has 0 saturated heterocycles. The molecule has 0 aliphatic heterocycles. The number of hydrogen-bond acceptors (Lipinski definition) is 1. The number of ketones is 1. The van der Waals surface area contributed by atoms with Crippen molar-refractivity contribution < 1.29 is 4.79 Å².